The first-order valence-corrected chi connectivity index (χ1v) is 22.6. The van der Waals surface area contributed by atoms with Crippen molar-refractivity contribution in [3.8, 4) is 0 Å². The fourth-order valence-electron chi connectivity index (χ4n) is 5.57. The largest absolute Gasteiger partial charge is 0.447 e. The first kappa shape index (κ1) is 57.3. The van der Waals surface area contributed by atoms with Gasteiger partial charge in [-0.1, -0.05) is 6.92 Å². The second-order valence-corrected chi connectivity index (χ2v) is 14.2. The number of aromatic nitrogens is 2. The number of nitrogens with two attached hydrogens (primary N) is 1. The van der Waals surface area contributed by atoms with Crippen LogP contribution >= 0.6 is 0 Å². The molecule has 25 nitrogen and oxygen atoms in total. The number of aliphatic imine (C=N–C) groups is 1. The molecule has 0 aliphatic carbocycles. The molecule has 3 heterocycles. The van der Waals surface area contributed by atoms with E-state index in [4.69, 9.17) is 62.7 Å². The van der Waals surface area contributed by atoms with Gasteiger partial charge < -0.3 is 68.5 Å². The van der Waals surface area contributed by atoms with Crippen molar-refractivity contribution in [2.45, 2.75) is 19.8 Å². The molecule has 4 N–H and O–H groups in total. The van der Waals surface area contributed by atoms with Crippen molar-refractivity contribution in [3.63, 3.8) is 0 Å². The number of carbonyl (C=O) groups excluding carboxylic acids is 5. The Morgan fingerprint density at radius 3 is 1.54 bits per heavy atom. The predicted molar refractivity (Wildman–Crippen MR) is 240 cm³/mol. The van der Waals surface area contributed by atoms with Crippen molar-refractivity contribution < 1.29 is 80.9 Å². The lowest BCUT2D eigenvalue weighted by Crippen LogP contribution is -2.41. The molecule has 25 heteroatoms. The van der Waals surface area contributed by atoms with Crippen LogP contribution < -0.4 is 16.4 Å². The van der Waals surface area contributed by atoms with Crippen LogP contribution in [0.15, 0.2) is 35.1 Å². The van der Waals surface area contributed by atoms with Gasteiger partial charge in [0.15, 0.2) is 0 Å². The molecular formula is C43H68N8O17. The molecule has 1 aromatic heterocycles. The summed E-state index contributed by atoms with van der Waals surface area (Å²) in [6.45, 7) is 10.3. The number of ether oxygens (including phenoxy) is 11. The lowest BCUT2D eigenvalue weighted by atomic mass is 10.1. The number of hydroxylamine groups is 2. The topological polar surface area (TPSA) is 291 Å². The molecule has 0 bridgehead atoms. The Hall–Kier alpha value is -5.06. The van der Waals surface area contributed by atoms with Crippen LogP contribution in [0.2, 0.25) is 0 Å². The normalized spacial score (nSPS) is 13.3. The van der Waals surface area contributed by atoms with E-state index in [1.807, 2.05) is 6.92 Å². The van der Waals surface area contributed by atoms with Crippen molar-refractivity contribution >= 4 is 47.3 Å². The zero-order valence-electron chi connectivity index (χ0n) is 38.9. The van der Waals surface area contributed by atoms with Crippen LogP contribution in [-0.2, 0) is 76.1 Å². The lowest BCUT2D eigenvalue weighted by Gasteiger charge is -2.22. The smallest absolute Gasteiger partial charge is 0.407 e. The molecule has 382 valence electrons. The highest BCUT2D eigenvalue weighted by Crippen LogP contribution is 2.25. The zero-order chi connectivity index (χ0) is 48.7. The average molecular weight is 969 g/mol. The summed E-state index contributed by atoms with van der Waals surface area (Å²) in [6.07, 6.45) is 7.10. The first-order valence-electron chi connectivity index (χ1n) is 22.6. The average Bonchev–Trinajstić information content (AvgIpc) is 3.53. The fourth-order valence-corrected chi connectivity index (χ4v) is 5.57. The van der Waals surface area contributed by atoms with Crippen molar-refractivity contribution in [2.24, 2.45) is 10.7 Å². The maximum atomic E-state index is 13.2. The Bertz CT molecular complexity index is 1690. The standard InChI is InChI=1S/C43H68N8O17/c1-2-7-51(42(55)35-30-36-32-47-48-33-37(36)49-38(44)31-35)68-9-6-46-43(56)67-29-28-66-27-26-65-25-24-64-23-22-63-21-20-62-19-18-61-17-16-60-15-14-59-13-12-58-11-10-57-8-5-45-39(52)34-50-40(53)3-4-41(50)54/h3-4,30,32-33H,2,5-29,31,34H2,1H3,(H2,44,49)(H,45,52)(H,46,56). The summed E-state index contributed by atoms with van der Waals surface area (Å²) in [7, 11) is 0. The highest BCUT2D eigenvalue weighted by Gasteiger charge is 2.25. The van der Waals surface area contributed by atoms with Gasteiger partial charge in [-0.05, 0) is 12.5 Å². The van der Waals surface area contributed by atoms with Crippen molar-refractivity contribution in [2.75, 3.05) is 172 Å². The number of amides is 5. The summed E-state index contributed by atoms with van der Waals surface area (Å²) < 4.78 is 59.7. The molecule has 0 fully saturated rings. The Kier molecular flexibility index (Phi) is 31.9. The van der Waals surface area contributed by atoms with Crippen LogP contribution in [0.3, 0.4) is 0 Å². The van der Waals surface area contributed by atoms with E-state index in [2.05, 4.69) is 25.8 Å². The van der Waals surface area contributed by atoms with Crippen LogP contribution in [0.1, 0.15) is 25.3 Å². The number of hydrogen-bond donors (Lipinski definition) is 3. The van der Waals surface area contributed by atoms with Gasteiger partial charge in [-0.2, -0.15) is 10.2 Å². The molecule has 2 aliphatic rings. The Morgan fingerprint density at radius 2 is 1.06 bits per heavy atom. The summed E-state index contributed by atoms with van der Waals surface area (Å²) in [4.78, 5) is 70.8. The molecule has 0 aromatic carbocycles. The van der Waals surface area contributed by atoms with Gasteiger partial charge in [0.1, 0.15) is 19.0 Å². The molecule has 0 unspecified atom stereocenters. The van der Waals surface area contributed by atoms with Gasteiger partial charge >= 0.3 is 6.09 Å². The number of nitrogens with one attached hydrogen (secondary N) is 2. The van der Waals surface area contributed by atoms with E-state index in [0.717, 1.165) is 17.1 Å². The highest BCUT2D eigenvalue weighted by molar-refractivity contribution is 6.14. The summed E-state index contributed by atoms with van der Waals surface area (Å²) in [5, 5.41) is 14.1. The Labute approximate surface area is 396 Å². The molecule has 0 radical (unpaired) electrons. The first-order chi connectivity index (χ1) is 33.3. The molecule has 0 saturated heterocycles. The van der Waals surface area contributed by atoms with Gasteiger partial charge in [-0.25, -0.2) is 14.9 Å². The van der Waals surface area contributed by atoms with Gasteiger partial charge in [0.05, 0.1) is 157 Å². The van der Waals surface area contributed by atoms with Crippen LogP contribution in [0.5, 0.6) is 0 Å². The Balaban J connectivity index is 0.958. The zero-order valence-corrected chi connectivity index (χ0v) is 38.9. The van der Waals surface area contributed by atoms with Crippen LogP contribution in [0.25, 0.3) is 6.08 Å². The number of amidine groups is 1. The highest BCUT2D eigenvalue weighted by atomic mass is 16.7. The van der Waals surface area contributed by atoms with Gasteiger partial charge in [-0.3, -0.25) is 28.9 Å². The quantitative estimate of drug-likeness (QED) is 0.0417. The number of rotatable bonds is 42. The maximum absolute atomic E-state index is 13.2. The molecule has 0 saturated carbocycles. The molecule has 5 amide bonds. The summed E-state index contributed by atoms with van der Waals surface area (Å²) in [5.41, 5.74) is 7.57. The fraction of sp³-hybridized carbons (Fsp3) is 0.674. The minimum Gasteiger partial charge on any atom is -0.447 e. The number of alkyl carbamates (subject to hydrolysis) is 1. The summed E-state index contributed by atoms with van der Waals surface area (Å²) >= 11 is 0. The summed E-state index contributed by atoms with van der Waals surface area (Å²) in [5.74, 6) is -1.52. The van der Waals surface area contributed by atoms with Gasteiger partial charge in [0.25, 0.3) is 17.7 Å². The van der Waals surface area contributed by atoms with E-state index in [0.29, 0.717) is 149 Å². The molecule has 68 heavy (non-hydrogen) atoms. The maximum Gasteiger partial charge on any atom is 0.407 e. The van der Waals surface area contributed by atoms with E-state index in [1.54, 1.807) is 6.08 Å². The second-order valence-electron chi connectivity index (χ2n) is 14.2. The third kappa shape index (κ3) is 27.1. The van der Waals surface area contributed by atoms with Gasteiger partial charge in [0.2, 0.25) is 5.91 Å². The number of fused-ring (bicyclic) bond motifs is 1. The lowest BCUT2D eigenvalue weighted by molar-refractivity contribution is -0.181. The van der Waals surface area contributed by atoms with Crippen molar-refractivity contribution in [1.29, 1.82) is 0 Å². The van der Waals surface area contributed by atoms with E-state index >= 15 is 0 Å². The minimum absolute atomic E-state index is 0.0448. The van der Waals surface area contributed by atoms with E-state index < -0.39 is 23.8 Å². The minimum atomic E-state index is -0.635. The molecule has 0 atom stereocenters. The van der Waals surface area contributed by atoms with Crippen molar-refractivity contribution in [1.82, 2.24) is 30.8 Å². The van der Waals surface area contributed by atoms with E-state index in [1.165, 1.54) is 17.5 Å². The van der Waals surface area contributed by atoms with Crippen molar-refractivity contribution in [3.05, 3.63) is 35.7 Å². The molecule has 3 rings (SSSR count). The number of nitrogens with zero attached hydrogens (tertiary/aromatic N) is 5. The van der Waals surface area contributed by atoms with Crippen LogP contribution in [-0.4, -0.2) is 227 Å². The van der Waals surface area contributed by atoms with E-state index in [9.17, 15) is 24.0 Å². The number of carbonyl (C=O) groups is 5. The molecule has 0 spiro atoms. The monoisotopic (exact) mass is 968 g/mol. The molecule has 2 aliphatic heterocycles. The SMILES string of the molecule is CCCN(OCCNC(=O)OCCOCCOCCOCCOCCOCCOCCOCCOCCOCCOCCNC(=O)CN1C(=O)C=CC1=O)C(=O)C1=Cc2cnncc2N=C(N)C1. The third-order valence-electron chi connectivity index (χ3n) is 8.83. The molecule has 1 aromatic rings. The third-order valence-corrected chi connectivity index (χ3v) is 8.83. The second kappa shape index (κ2) is 37.9. The molecular weight excluding hydrogens is 901 g/mol. The number of hydrogen-bond acceptors (Lipinski definition) is 21. The predicted octanol–water partition coefficient (Wildman–Crippen LogP) is -0.644. The van der Waals surface area contributed by atoms with Gasteiger partial charge in [-0.15, -0.1) is 0 Å². The number of imide groups is 1. The van der Waals surface area contributed by atoms with E-state index in [-0.39, 0.29) is 64.2 Å². The Morgan fingerprint density at radius 1 is 0.618 bits per heavy atom. The van der Waals surface area contributed by atoms with Crippen LogP contribution in [0, 0.1) is 0 Å². The van der Waals surface area contributed by atoms with Crippen LogP contribution in [0.4, 0.5) is 10.5 Å². The van der Waals surface area contributed by atoms with Gasteiger partial charge in [0, 0.05) is 49.3 Å². The summed E-state index contributed by atoms with van der Waals surface area (Å²) in [6, 6.07) is 0.